The molecule has 1 saturated carbocycles. The molecule has 0 radical (unpaired) electrons. The summed E-state index contributed by atoms with van der Waals surface area (Å²) in [4.78, 5) is 2.39. The van der Waals surface area contributed by atoms with E-state index >= 15 is 0 Å². The van der Waals surface area contributed by atoms with Crippen LogP contribution >= 0.6 is 0 Å². The van der Waals surface area contributed by atoms with Crippen molar-refractivity contribution in [2.75, 3.05) is 13.1 Å². The molecule has 1 rings (SSSR count). The highest BCUT2D eigenvalue weighted by atomic mass is 16.4. The lowest BCUT2D eigenvalue weighted by atomic mass is 9.83. The van der Waals surface area contributed by atoms with Crippen LogP contribution in [0.2, 0.25) is 0 Å². The fraction of sp³-hybridized carbons (Fsp3) is 0.923. The van der Waals surface area contributed by atoms with Gasteiger partial charge in [-0.15, -0.1) is 0 Å². The molecule has 0 amide bonds. The van der Waals surface area contributed by atoms with Crippen molar-refractivity contribution in [3.8, 4) is 0 Å². The Morgan fingerprint density at radius 1 is 1.41 bits per heavy atom. The molecule has 0 spiro atoms. The Balaban J connectivity index is 2.56. The van der Waals surface area contributed by atoms with Gasteiger partial charge in [0.05, 0.1) is 6.54 Å². The maximum absolute atomic E-state index is 8.68. The van der Waals surface area contributed by atoms with Crippen LogP contribution in [-0.4, -0.2) is 35.1 Å². The van der Waals surface area contributed by atoms with Gasteiger partial charge in [0.15, 0.2) is 5.84 Å². The lowest BCUT2D eigenvalue weighted by Gasteiger charge is -2.37. The molecular weight excluding hydrogens is 214 g/mol. The Morgan fingerprint density at radius 3 is 2.76 bits per heavy atom. The molecule has 2 unspecified atom stereocenters. The molecule has 1 fully saturated rings. The van der Waals surface area contributed by atoms with Gasteiger partial charge in [0.25, 0.3) is 0 Å². The van der Waals surface area contributed by atoms with Gasteiger partial charge in [-0.2, -0.15) is 0 Å². The van der Waals surface area contributed by atoms with Gasteiger partial charge in [0, 0.05) is 6.04 Å². The van der Waals surface area contributed by atoms with Gasteiger partial charge >= 0.3 is 0 Å². The van der Waals surface area contributed by atoms with Crippen LogP contribution in [0.15, 0.2) is 5.16 Å². The van der Waals surface area contributed by atoms with E-state index in [1.54, 1.807) is 0 Å². The minimum Gasteiger partial charge on any atom is -0.409 e. The predicted molar refractivity (Wildman–Crippen MR) is 71.3 cm³/mol. The number of nitrogens with two attached hydrogens (primary N) is 1. The largest absolute Gasteiger partial charge is 0.409 e. The summed E-state index contributed by atoms with van der Waals surface area (Å²) >= 11 is 0. The standard InChI is InChI=1S/C13H27N3O/c1-3-8-16(10-13(14)15-17)12-7-5-6-11(4-2)9-12/h11-12,17H,3-10H2,1-2H3,(H2,14,15). The van der Waals surface area contributed by atoms with E-state index in [1.807, 2.05) is 0 Å². The van der Waals surface area contributed by atoms with Crippen molar-refractivity contribution < 1.29 is 5.21 Å². The van der Waals surface area contributed by atoms with E-state index in [-0.39, 0.29) is 0 Å². The van der Waals surface area contributed by atoms with Crippen molar-refractivity contribution in [2.45, 2.75) is 58.4 Å². The monoisotopic (exact) mass is 241 g/mol. The fourth-order valence-corrected chi connectivity index (χ4v) is 2.88. The number of hydrogen-bond donors (Lipinski definition) is 2. The van der Waals surface area contributed by atoms with E-state index in [0.717, 1.165) is 18.9 Å². The summed E-state index contributed by atoms with van der Waals surface area (Å²) in [5, 5.41) is 11.8. The minimum absolute atomic E-state index is 0.331. The third-order valence-electron chi connectivity index (χ3n) is 3.85. The van der Waals surface area contributed by atoms with Crippen LogP contribution in [0.25, 0.3) is 0 Å². The summed E-state index contributed by atoms with van der Waals surface area (Å²) in [5.41, 5.74) is 5.64. The molecule has 2 atom stereocenters. The van der Waals surface area contributed by atoms with Gasteiger partial charge < -0.3 is 10.9 Å². The first-order chi connectivity index (χ1) is 8.21. The van der Waals surface area contributed by atoms with E-state index in [9.17, 15) is 0 Å². The molecule has 100 valence electrons. The molecule has 4 nitrogen and oxygen atoms in total. The lowest BCUT2D eigenvalue weighted by Crippen LogP contribution is -2.44. The highest BCUT2D eigenvalue weighted by Crippen LogP contribution is 2.29. The summed E-state index contributed by atoms with van der Waals surface area (Å²) in [6.45, 7) is 6.10. The number of rotatable bonds is 6. The first kappa shape index (κ1) is 14.3. The molecule has 3 N–H and O–H groups in total. The van der Waals surface area contributed by atoms with Crippen molar-refractivity contribution in [1.29, 1.82) is 0 Å². The van der Waals surface area contributed by atoms with Crippen molar-refractivity contribution >= 4 is 5.84 Å². The smallest absolute Gasteiger partial charge is 0.153 e. The van der Waals surface area contributed by atoms with Gasteiger partial charge in [0.2, 0.25) is 0 Å². The second-order valence-electron chi connectivity index (χ2n) is 5.16. The Bertz CT molecular complexity index is 243. The van der Waals surface area contributed by atoms with Crippen LogP contribution in [0.3, 0.4) is 0 Å². The molecule has 0 aliphatic heterocycles. The number of nitrogens with zero attached hydrogens (tertiary/aromatic N) is 2. The molecule has 1 aliphatic carbocycles. The second-order valence-corrected chi connectivity index (χ2v) is 5.16. The normalized spacial score (nSPS) is 26.4. The summed E-state index contributed by atoms with van der Waals surface area (Å²) in [6, 6.07) is 0.619. The molecule has 0 bridgehead atoms. The van der Waals surface area contributed by atoms with Crippen LogP contribution in [-0.2, 0) is 0 Å². The average molecular weight is 241 g/mol. The highest BCUT2D eigenvalue weighted by molar-refractivity contribution is 5.81. The number of amidine groups is 1. The zero-order chi connectivity index (χ0) is 12.7. The zero-order valence-electron chi connectivity index (χ0n) is 11.2. The molecule has 0 aromatic carbocycles. The SMILES string of the molecule is CCCN(CC(N)=NO)C1CCCC(CC)C1. The molecule has 0 heterocycles. The summed E-state index contributed by atoms with van der Waals surface area (Å²) in [6.07, 6.45) is 7.62. The van der Waals surface area contributed by atoms with Crippen LogP contribution in [0.5, 0.6) is 0 Å². The second kappa shape index (κ2) is 7.54. The predicted octanol–water partition coefficient (Wildman–Crippen LogP) is 2.41. The zero-order valence-corrected chi connectivity index (χ0v) is 11.2. The van der Waals surface area contributed by atoms with Crippen molar-refractivity contribution in [3.63, 3.8) is 0 Å². The Kier molecular flexibility index (Phi) is 6.34. The van der Waals surface area contributed by atoms with Crippen LogP contribution in [0.1, 0.15) is 52.4 Å². The van der Waals surface area contributed by atoms with Gasteiger partial charge in [-0.25, -0.2) is 0 Å². The fourth-order valence-electron chi connectivity index (χ4n) is 2.88. The summed E-state index contributed by atoms with van der Waals surface area (Å²) < 4.78 is 0. The number of oxime groups is 1. The van der Waals surface area contributed by atoms with E-state index < -0.39 is 0 Å². The summed E-state index contributed by atoms with van der Waals surface area (Å²) in [7, 11) is 0. The van der Waals surface area contributed by atoms with E-state index in [1.165, 1.54) is 32.1 Å². The third kappa shape index (κ3) is 4.54. The average Bonchev–Trinajstić information content (AvgIpc) is 2.38. The van der Waals surface area contributed by atoms with Gasteiger partial charge in [-0.1, -0.05) is 38.3 Å². The number of hydrogen-bond acceptors (Lipinski definition) is 3. The topological polar surface area (TPSA) is 61.8 Å². The van der Waals surface area contributed by atoms with Crippen LogP contribution in [0.4, 0.5) is 0 Å². The van der Waals surface area contributed by atoms with Crippen molar-refractivity contribution in [3.05, 3.63) is 0 Å². The first-order valence-electron chi connectivity index (χ1n) is 6.91. The Labute approximate surface area is 105 Å². The summed E-state index contributed by atoms with van der Waals surface area (Å²) in [5.74, 6) is 1.19. The minimum atomic E-state index is 0.331. The van der Waals surface area contributed by atoms with Crippen LogP contribution < -0.4 is 5.73 Å². The first-order valence-corrected chi connectivity index (χ1v) is 6.91. The molecule has 0 saturated heterocycles. The Hall–Kier alpha value is -0.770. The molecule has 0 aromatic heterocycles. The van der Waals surface area contributed by atoms with E-state index in [4.69, 9.17) is 10.9 Å². The van der Waals surface area contributed by atoms with Crippen LogP contribution in [0, 0.1) is 5.92 Å². The molecular formula is C13H27N3O. The highest BCUT2D eigenvalue weighted by Gasteiger charge is 2.25. The van der Waals surface area contributed by atoms with Crippen molar-refractivity contribution in [1.82, 2.24) is 4.90 Å². The third-order valence-corrected chi connectivity index (χ3v) is 3.85. The molecule has 4 heteroatoms. The molecule has 0 aromatic rings. The Morgan fingerprint density at radius 2 is 2.18 bits per heavy atom. The lowest BCUT2D eigenvalue weighted by molar-refractivity contribution is 0.143. The van der Waals surface area contributed by atoms with Gasteiger partial charge in [-0.05, 0) is 31.7 Å². The molecule has 17 heavy (non-hydrogen) atoms. The van der Waals surface area contributed by atoms with Gasteiger partial charge in [-0.3, -0.25) is 4.90 Å². The van der Waals surface area contributed by atoms with Gasteiger partial charge in [0.1, 0.15) is 0 Å². The van der Waals surface area contributed by atoms with E-state index in [2.05, 4.69) is 23.9 Å². The maximum Gasteiger partial charge on any atom is 0.153 e. The van der Waals surface area contributed by atoms with E-state index in [0.29, 0.717) is 18.4 Å². The maximum atomic E-state index is 8.68. The molecule has 1 aliphatic rings. The van der Waals surface area contributed by atoms with Crippen molar-refractivity contribution in [2.24, 2.45) is 16.8 Å². The quantitative estimate of drug-likeness (QED) is 0.325.